The van der Waals surface area contributed by atoms with E-state index in [1.165, 1.54) is 11.1 Å². The van der Waals surface area contributed by atoms with Crippen molar-refractivity contribution in [1.82, 2.24) is 19.8 Å². The molecular weight excluding hydrogens is 452 g/mol. The smallest absolute Gasteiger partial charge is 0.255 e. The third kappa shape index (κ3) is 5.13. The van der Waals surface area contributed by atoms with Crippen molar-refractivity contribution in [1.29, 1.82) is 0 Å². The first-order chi connectivity index (χ1) is 17.5. The fourth-order valence-corrected chi connectivity index (χ4v) is 4.42. The highest BCUT2D eigenvalue weighted by Crippen LogP contribution is 2.23. The topological polar surface area (TPSA) is 105 Å². The van der Waals surface area contributed by atoms with E-state index in [4.69, 9.17) is 5.73 Å². The number of nitrogens with zero attached hydrogens (tertiary/aromatic N) is 3. The molecule has 0 radical (unpaired) electrons. The summed E-state index contributed by atoms with van der Waals surface area (Å²) in [6, 6.07) is 18.5. The zero-order valence-electron chi connectivity index (χ0n) is 20.1. The average molecular weight is 481 g/mol. The van der Waals surface area contributed by atoms with Gasteiger partial charge in [-0.15, -0.1) is 0 Å². The number of rotatable bonds is 6. The van der Waals surface area contributed by atoms with Gasteiger partial charge in [0.15, 0.2) is 0 Å². The molecule has 0 bridgehead atoms. The summed E-state index contributed by atoms with van der Waals surface area (Å²) < 4.78 is 1.79. The minimum atomic E-state index is -0.243. The van der Waals surface area contributed by atoms with Gasteiger partial charge in [-0.25, -0.2) is 4.98 Å². The molecule has 5 rings (SSSR count). The molecule has 0 atom stereocenters. The Kier molecular flexibility index (Phi) is 6.51. The van der Waals surface area contributed by atoms with Gasteiger partial charge in [0.1, 0.15) is 0 Å². The van der Waals surface area contributed by atoms with Crippen LogP contribution in [0.1, 0.15) is 37.4 Å². The Balaban J connectivity index is 1.22. The summed E-state index contributed by atoms with van der Waals surface area (Å²) in [5.74, 6) is -0.428. The number of hydrogen-bond acceptors (Lipinski definition) is 5. The van der Waals surface area contributed by atoms with Crippen LogP contribution in [0.3, 0.4) is 0 Å². The molecular formula is C28H28N6O2. The number of benzene rings is 3. The molecule has 2 heterocycles. The average Bonchev–Trinajstić information content (AvgIpc) is 3.42. The molecule has 4 N–H and O–H groups in total. The van der Waals surface area contributed by atoms with E-state index in [-0.39, 0.29) is 18.4 Å². The Morgan fingerprint density at radius 2 is 1.86 bits per heavy atom. The van der Waals surface area contributed by atoms with E-state index < -0.39 is 0 Å². The Morgan fingerprint density at radius 3 is 2.67 bits per heavy atom. The maximum Gasteiger partial charge on any atom is 0.255 e. The summed E-state index contributed by atoms with van der Waals surface area (Å²) in [5, 5.41) is 5.90. The Labute approximate surface area is 209 Å². The summed E-state index contributed by atoms with van der Waals surface area (Å²) in [6.07, 6.45) is 6.13. The van der Waals surface area contributed by atoms with Crippen molar-refractivity contribution in [2.75, 3.05) is 24.6 Å². The normalized spacial score (nSPS) is 13.1. The maximum absolute atomic E-state index is 12.9. The monoisotopic (exact) mass is 480 g/mol. The molecule has 4 aromatic rings. The molecule has 0 saturated carbocycles. The van der Waals surface area contributed by atoms with Crippen LogP contribution in [0, 0.1) is 0 Å². The molecule has 1 aliphatic heterocycles. The summed E-state index contributed by atoms with van der Waals surface area (Å²) in [4.78, 5) is 31.9. The maximum atomic E-state index is 12.9. The Bertz CT molecular complexity index is 1410. The fraction of sp³-hybridized carbons (Fsp3) is 0.179. The number of carbonyl (C=O) groups is 2. The second-order valence-corrected chi connectivity index (χ2v) is 9.05. The lowest BCUT2D eigenvalue weighted by atomic mass is 9.99. The van der Waals surface area contributed by atoms with Gasteiger partial charge in [0.2, 0.25) is 0 Å². The number of imidazole rings is 1. The Morgan fingerprint density at radius 1 is 1.00 bits per heavy atom. The van der Waals surface area contributed by atoms with Crippen LogP contribution in [0.25, 0.3) is 5.69 Å². The molecule has 0 fully saturated rings. The Hall–Kier alpha value is -4.43. The van der Waals surface area contributed by atoms with Crippen molar-refractivity contribution in [2.24, 2.45) is 0 Å². The van der Waals surface area contributed by atoms with Crippen molar-refractivity contribution in [2.45, 2.75) is 19.5 Å². The number of amides is 2. The molecule has 0 unspecified atom stereocenters. The van der Waals surface area contributed by atoms with E-state index in [2.05, 4.69) is 39.7 Å². The van der Waals surface area contributed by atoms with Crippen molar-refractivity contribution in [3.63, 3.8) is 0 Å². The quantitative estimate of drug-likeness (QED) is 0.366. The third-order valence-corrected chi connectivity index (χ3v) is 6.38. The van der Waals surface area contributed by atoms with Crippen molar-refractivity contribution in [3.8, 4) is 5.69 Å². The third-order valence-electron chi connectivity index (χ3n) is 6.38. The minimum absolute atomic E-state index is 0.185. The molecule has 1 aliphatic rings. The predicted octanol–water partition coefficient (Wildman–Crippen LogP) is 3.62. The largest absolute Gasteiger partial charge is 0.397 e. The van der Waals surface area contributed by atoms with Crippen LogP contribution in [0.2, 0.25) is 0 Å². The number of anilines is 2. The molecule has 2 amide bonds. The van der Waals surface area contributed by atoms with Gasteiger partial charge in [0, 0.05) is 48.8 Å². The van der Waals surface area contributed by atoms with E-state index in [1.54, 1.807) is 53.6 Å². The van der Waals surface area contributed by atoms with Crippen LogP contribution in [-0.2, 0) is 19.5 Å². The first-order valence-electron chi connectivity index (χ1n) is 11.8. The summed E-state index contributed by atoms with van der Waals surface area (Å²) >= 11 is 0. The summed E-state index contributed by atoms with van der Waals surface area (Å²) in [5.41, 5.74) is 12.6. The zero-order valence-corrected chi connectivity index (χ0v) is 20.1. The summed E-state index contributed by atoms with van der Waals surface area (Å²) in [7, 11) is 2.10. The van der Waals surface area contributed by atoms with Crippen LogP contribution in [0.5, 0.6) is 0 Å². The number of nitrogens with two attached hydrogens (primary N) is 1. The van der Waals surface area contributed by atoms with Gasteiger partial charge in [-0.05, 0) is 72.6 Å². The molecule has 0 aliphatic carbocycles. The van der Waals surface area contributed by atoms with E-state index in [0.717, 1.165) is 36.4 Å². The molecule has 0 saturated heterocycles. The zero-order chi connectivity index (χ0) is 25.1. The van der Waals surface area contributed by atoms with Gasteiger partial charge in [0.05, 0.1) is 17.7 Å². The SMILES string of the molecule is CN1CCc2ccc(NC(=O)c3cccc(CNC(=O)c4ccc(-n5ccnc5)c(N)c4)c3)cc2C1. The second kappa shape index (κ2) is 10.1. The van der Waals surface area contributed by atoms with Gasteiger partial charge < -0.3 is 25.8 Å². The predicted molar refractivity (Wildman–Crippen MR) is 140 cm³/mol. The van der Waals surface area contributed by atoms with Crippen LogP contribution >= 0.6 is 0 Å². The number of hydrogen-bond donors (Lipinski definition) is 3. The standard InChI is InChI=1S/C28H28N6O2/c1-33-11-9-20-5-7-24(14-23(20)17-33)32-28(36)21-4-2-3-19(13-21)16-31-27(35)22-6-8-26(25(29)15-22)34-12-10-30-18-34/h2-8,10,12-15,18H,9,11,16-17,29H2,1H3,(H,31,35)(H,32,36). The number of nitrogens with one attached hydrogen (secondary N) is 2. The molecule has 3 aromatic carbocycles. The van der Waals surface area contributed by atoms with E-state index in [0.29, 0.717) is 16.8 Å². The van der Waals surface area contributed by atoms with Crippen molar-refractivity contribution < 1.29 is 9.59 Å². The number of nitrogen functional groups attached to an aromatic ring is 1. The van der Waals surface area contributed by atoms with Crippen LogP contribution < -0.4 is 16.4 Å². The van der Waals surface area contributed by atoms with Gasteiger partial charge in [-0.1, -0.05) is 18.2 Å². The van der Waals surface area contributed by atoms with Crippen molar-refractivity contribution >= 4 is 23.2 Å². The van der Waals surface area contributed by atoms with E-state index >= 15 is 0 Å². The van der Waals surface area contributed by atoms with E-state index in [1.807, 2.05) is 18.2 Å². The highest BCUT2D eigenvalue weighted by molar-refractivity contribution is 6.04. The number of aromatic nitrogens is 2. The number of likely N-dealkylation sites (N-methyl/N-ethyl adjacent to an activating group) is 1. The number of fused-ring (bicyclic) bond motifs is 1. The molecule has 8 heteroatoms. The molecule has 0 spiro atoms. The molecule has 8 nitrogen and oxygen atoms in total. The molecule has 1 aromatic heterocycles. The highest BCUT2D eigenvalue weighted by Gasteiger charge is 2.15. The molecule has 182 valence electrons. The van der Waals surface area contributed by atoms with Crippen LogP contribution in [-0.4, -0.2) is 39.9 Å². The first kappa shape index (κ1) is 23.3. The van der Waals surface area contributed by atoms with Gasteiger partial charge in [-0.2, -0.15) is 0 Å². The lowest BCUT2D eigenvalue weighted by Crippen LogP contribution is -2.26. The van der Waals surface area contributed by atoms with Crippen LogP contribution in [0.15, 0.2) is 79.4 Å². The fourth-order valence-electron chi connectivity index (χ4n) is 4.42. The van der Waals surface area contributed by atoms with Gasteiger partial charge in [-0.3, -0.25) is 9.59 Å². The van der Waals surface area contributed by atoms with Crippen molar-refractivity contribution in [3.05, 3.63) is 107 Å². The molecule has 36 heavy (non-hydrogen) atoms. The second-order valence-electron chi connectivity index (χ2n) is 9.05. The lowest BCUT2D eigenvalue weighted by Gasteiger charge is -2.25. The number of carbonyl (C=O) groups excluding carboxylic acids is 2. The van der Waals surface area contributed by atoms with Gasteiger partial charge in [0.25, 0.3) is 11.8 Å². The van der Waals surface area contributed by atoms with Gasteiger partial charge >= 0.3 is 0 Å². The van der Waals surface area contributed by atoms with E-state index in [9.17, 15) is 9.59 Å². The lowest BCUT2D eigenvalue weighted by molar-refractivity contribution is 0.0950. The minimum Gasteiger partial charge on any atom is -0.397 e. The van der Waals surface area contributed by atoms with Crippen LogP contribution in [0.4, 0.5) is 11.4 Å². The first-order valence-corrected chi connectivity index (χ1v) is 11.8. The summed E-state index contributed by atoms with van der Waals surface area (Å²) in [6.45, 7) is 2.21. The highest BCUT2D eigenvalue weighted by atomic mass is 16.2.